The minimum absolute atomic E-state index is 0. The molecule has 0 bridgehead atoms. The van der Waals surface area contributed by atoms with Crippen LogP contribution in [-0.2, 0) is 18.4 Å². The number of aryl methyl sites for hydroxylation is 1. The van der Waals surface area contributed by atoms with Crippen molar-refractivity contribution in [3.63, 3.8) is 0 Å². The number of halogens is 2. The Morgan fingerprint density at radius 1 is 1.52 bits per heavy atom. The van der Waals surface area contributed by atoms with Crippen LogP contribution in [0.3, 0.4) is 0 Å². The molecule has 1 aromatic rings. The molecule has 0 aliphatic carbocycles. The number of piperidine rings is 1. The highest BCUT2D eigenvalue weighted by Crippen LogP contribution is 2.19. The lowest BCUT2D eigenvalue weighted by Gasteiger charge is -2.31. The number of amides is 1. The third kappa shape index (κ3) is 5.49. The maximum atomic E-state index is 12.6. The van der Waals surface area contributed by atoms with Crippen molar-refractivity contribution in [2.24, 2.45) is 13.0 Å². The standard InChI is InChI=1S/C14H24N4O.2ClH/c1-4-18(10-12-8-16-17(3)9-12)14(19)13-5-6-15-11(2)7-13;;/h8-9,11,13,15H,4-7,10H2,1-3H3;2*1H/t11-,13-;;/m0../s1. The first-order valence-electron chi connectivity index (χ1n) is 7.09. The first-order valence-corrected chi connectivity index (χ1v) is 7.09. The summed E-state index contributed by atoms with van der Waals surface area (Å²) in [7, 11) is 1.90. The van der Waals surface area contributed by atoms with Crippen LogP contribution in [0.4, 0.5) is 0 Å². The van der Waals surface area contributed by atoms with E-state index in [1.807, 2.05) is 31.3 Å². The smallest absolute Gasteiger partial charge is 0.226 e. The van der Waals surface area contributed by atoms with Crippen molar-refractivity contribution < 1.29 is 4.79 Å². The number of hydrogen-bond acceptors (Lipinski definition) is 3. The van der Waals surface area contributed by atoms with Crippen molar-refractivity contribution >= 4 is 30.7 Å². The van der Waals surface area contributed by atoms with E-state index in [4.69, 9.17) is 0 Å². The Balaban J connectivity index is 0.00000200. The fourth-order valence-electron chi connectivity index (χ4n) is 2.73. The first-order chi connectivity index (χ1) is 9.10. The monoisotopic (exact) mass is 336 g/mol. The fraction of sp³-hybridized carbons (Fsp3) is 0.714. The van der Waals surface area contributed by atoms with Gasteiger partial charge in [0.15, 0.2) is 0 Å². The normalized spacial score (nSPS) is 21.1. The van der Waals surface area contributed by atoms with E-state index in [9.17, 15) is 4.79 Å². The van der Waals surface area contributed by atoms with E-state index in [2.05, 4.69) is 17.3 Å². The number of aromatic nitrogens is 2. The number of hydrogen-bond donors (Lipinski definition) is 1. The Kier molecular flexibility index (Phi) is 8.94. The molecule has 1 amide bonds. The summed E-state index contributed by atoms with van der Waals surface area (Å²) in [5.41, 5.74) is 1.10. The third-order valence-electron chi connectivity index (χ3n) is 3.80. The molecule has 0 unspecified atom stereocenters. The van der Waals surface area contributed by atoms with Crippen molar-refractivity contribution in [3.05, 3.63) is 18.0 Å². The summed E-state index contributed by atoms with van der Waals surface area (Å²) >= 11 is 0. The quantitative estimate of drug-likeness (QED) is 0.914. The molecule has 0 spiro atoms. The molecule has 0 radical (unpaired) electrons. The van der Waals surface area contributed by atoms with E-state index < -0.39 is 0 Å². The van der Waals surface area contributed by atoms with Gasteiger partial charge in [-0.1, -0.05) is 0 Å². The number of carbonyl (C=O) groups excluding carboxylic acids is 1. The molecular weight excluding hydrogens is 311 g/mol. The van der Waals surface area contributed by atoms with Gasteiger partial charge in [-0.3, -0.25) is 9.48 Å². The summed E-state index contributed by atoms with van der Waals surface area (Å²) in [6.07, 6.45) is 5.71. The van der Waals surface area contributed by atoms with Crippen LogP contribution in [0, 0.1) is 5.92 Å². The highest BCUT2D eigenvalue weighted by molar-refractivity contribution is 5.85. The van der Waals surface area contributed by atoms with Crippen LogP contribution < -0.4 is 5.32 Å². The van der Waals surface area contributed by atoms with Gasteiger partial charge in [-0.05, 0) is 33.2 Å². The molecule has 0 saturated carbocycles. The van der Waals surface area contributed by atoms with Gasteiger partial charge < -0.3 is 10.2 Å². The molecule has 1 aromatic heterocycles. The van der Waals surface area contributed by atoms with Crippen molar-refractivity contribution in [1.82, 2.24) is 20.0 Å². The zero-order valence-corrected chi connectivity index (χ0v) is 14.5. The summed E-state index contributed by atoms with van der Waals surface area (Å²) in [5.74, 6) is 0.465. The molecule has 21 heavy (non-hydrogen) atoms. The summed E-state index contributed by atoms with van der Waals surface area (Å²) in [4.78, 5) is 14.5. The van der Waals surface area contributed by atoms with Gasteiger partial charge in [0.1, 0.15) is 0 Å². The van der Waals surface area contributed by atoms with Gasteiger partial charge in [0.25, 0.3) is 0 Å². The van der Waals surface area contributed by atoms with Crippen LogP contribution in [0.2, 0.25) is 0 Å². The Morgan fingerprint density at radius 2 is 2.24 bits per heavy atom. The Labute approximate surface area is 139 Å². The van der Waals surface area contributed by atoms with Gasteiger partial charge in [-0.25, -0.2) is 0 Å². The predicted octanol–water partition coefficient (Wildman–Crippen LogP) is 2.00. The van der Waals surface area contributed by atoms with Crippen LogP contribution >= 0.6 is 24.8 Å². The zero-order chi connectivity index (χ0) is 13.8. The van der Waals surface area contributed by atoms with E-state index in [-0.39, 0.29) is 30.7 Å². The largest absolute Gasteiger partial charge is 0.338 e. The molecule has 5 nitrogen and oxygen atoms in total. The first kappa shape index (κ1) is 20.2. The average Bonchev–Trinajstić information content (AvgIpc) is 2.81. The zero-order valence-electron chi connectivity index (χ0n) is 12.9. The van der Waals surface area contributed by atoms with Gasteiger partial charge in [-0.2, -0.15) is 5.10 Å². The topological polar surface area (TPSA) is 50.2 Å². The molecule has 1 fully saturated rings. The van der Waals surface area contributed by atoms with Gasteiger partial charge in [0.2, 0.25) is 5.91 Å². The number of nitrogens with one attached hydrogen (secondary N) is 1. The second-order valence-electron chi connectivity index (χ2n) is 5.45. The lowest BCUT2D eigenvalue weighted by molar-refractivity contribution is -0.137. The third-order valence-corrected chi connectivity index (χ3v) is 3.80. The lowest BCUT2D eigenvalue weighted by Crippen LogP contribution is -2.43. The van der Waals surface area contributed by atoms with Crippen LogP contribution in [0.5, 0.6) is 0 Å². The van der Waals surface area contributed by atoms with Crippen molar-refractivity contribution in [2.45, 2.75) is 39.3 Å². The average molecular weight is 337 g/mol. The summed E-state index contributed by atoms with van der Waals surface area (Å²) in [6, 6.07) is 0.444. The maximum Gasteiger partial charge on any atom is 0.226 e. The van der Waals surface area contributed by atoms with Gasteiger partial charge in [0.05, 0.1) is 6.20 Å². The van der Waals surface area contributed by atoms with Crippen LogP contribution in [0.1, 0.15) is 32.3 Å². The molecule has 1 aliphatic rings. The van der Waals surface area contributed by atoms with E-state index >= 15 is 0 Å². The molecule has 122 valence electrons. The highest BCUT2D eigenvalue weighted by atomic mass is 35.5. The van der Waals surface area contributed by atoms with E-state index in [1.54, 1.807) is 4.68 Å². The molecule has 2 atom stereocenters. The van der Waals surface area contributed by atoms with Crippen LogP contribution in [0.25, 0.3) is 0 Å². The second kappa shape index (κ2) is 9.28. The summed E-state index contributed by atoms with van der Waals surface area (Å²) in [6.45, 7) is 6.56. The van der Waals surface area contributed by atoms with Gasteiger partial charge in [0, 0.05) is 43.9 Å². The van der Waals surface area contributed by atoms with Crippen LogP contribution in [-0.4, -0.2) is 39.7 Å². The Hall–Kier alpha value is -0.780. The predicted molar refractivity (Wildman–Crippen MR) is 89.0 cm³/mol. The molecule has 2 rings (SSSR count). The van der Waals surface area contributed by atoms with Gasteiger partial charge >= 0.3 is 0 Å². The Morgan fingerprint density at radius 3 is 2.76 bits per heavy atom. The fourth-order valence-corrected chi connectivity index (χ4v) is 2.73. The van der Waals surface area contributed by atoms with E-state index in [1.165, 1.54) is 0 Å². The summed E-state index contributed by atoms with van der Waals surface area (Å²) in [5, 5.41) is 7.55. The minimum atomic E-state index is 0. The number of rotatable bonds is 4. The minimum Gasteiger partial charge on any atom is -0.338 e. The second-order valence-corrected chi connectivity index (χ2v) is 5.45. The van der Waals surface area contributed by atoms with Crippen molar-refractivity contribution in [3.8, 4) is 0 Å². The number of nitrogens with zero attached hydrogens (tertiary/aromatic N) is 3. The van der Waals surface area contributed by atoms with E-state index in [0.29, 0.717) is 18.5 Å². The van der Waals surface area contributed by atoms with Crippen molar-refractivity contribution in [2.75, 3.05) is 13.1 Å². The van der Waals surface area contributed by atoms with Gasteiger partial charge in [-0.15, -0.1) is 24.8 Å². The molecule has 0 aromatic carbocycles. The van der Waals surface area contributed by atoms with Crippen molar-refractivity contribution in [1.29, 1.82) is 0 Å². The highest BCUT2D eigenvalue weighted by Gasteiger charge is 2.28. The van der Waals surface area contributed by atoms with E-state index in [0.717, 1.165) is 31.5 Å². The molecular formula is C14H26Cl2N4O. The molecule has 1 saturated heterocycles. The molecule has 1 aliphatic heterocycles. The maximum absolute atomic E-state index is 12.6. The SMILES string of the molecule is CCN(Cc1cnn(C)c1)C(=O)[C@H]1CCN[C@@H](C)C1.Cl.Cl. The molecule has 1 N–H and O–H groups in total. The number of carbonyl (C=O) groups is 1. The lowest BCUT2D eigenvalue weighted by atomic mass is 9.92. The van der Waals surface area contributed by atoms with Crippen LogP contribution in [0.15, 0.2) is 12.4 Å². The molecule has 7 heteroatoms. The Bertz CT molecular complexity index is 438. The summed E-state index contributed by atoms with van der Waals surface area (Å²) < 4.78 is 1.78. The molecule has 2 heterocycles.